The number of likely N-dealkylation sites (tertiary alicyclic amines) is 1. The number of fused-ring (bicyclic) bond motifs is 1. The fourth-order valence-electron chi connectivity index (χ4n) is 4.77. The number of aromatic nitrogens is 2. The molecule has 7 heteroatoms. The molecular formula is C19H28N4O3. The molecule has 3 atom stereocenters. The zero-order valence-corrected chi connectivity index (χ0v) is 15.4. The minimum Gasteiger partial charge on any atom is -0.390 e. The average Bonchev–Trinajstić information content (AvgIpc) is 3.14. The van der Waals surface area contributed by atoms with E-state index in [4.69, 9.17) is 4.74 Å². The molecule has 26 heavy (non-hydrogen) atoms. The third-order valence-electron chi connectivity index (χ3n) is 6.39. The summed E-state index contributed by atoms with van der Waals surface area (Å²) in [5.74, 6) is 1.23. The maximum absolute atomic E-state index is 12.9. The standard InChI is InChI=1S/C19H28N4O3/c1-2-19(25)5-3-4-14-12-23(13-16(14)19)17(24)15-10-20-18(21-11-15)22-6-8-26-9-7-22/h10-11,14,16,25H,2-9,12-13H2,1H3/t14-,16+,19-/m0/s1. The molecule has 0 radical (unpaired) electrons. The average molecular weight is 360 g/mol. The van der Waals surface area contributed by atoms with Crippen LogP contribution in [0.4, 0.5) is 5.95 Å². The van der Waals surface area contributed by atoms with Crippen molar-refractivity contribution in [3.8, 4) is 0 Å². The predicted molar refractivity (Wildman–Crippen MR) is 97.0 cm³/mol. The smallest absolute Gasteiger partial charge is 0.257 e. The van der Waals surface area contributed by atoms with Crippen LogP contribution < -0.4 is 4.90 Å². The normalized spacial score (nSPS) is 31.8. The number of anilines is 1. The number of morpholine rings is 1. The highest BCUT2D eigenvalue weighted by Gasteiger charge is 2.48. The molecule has 2 aliphatic heterocycles. The van der Waals surface area contributed by atoms with Gasteiger partial charge in [-0.3, -0.25) is 4.79 Å². The summed E-state index contributed by atoms with van der Waals surface area (Å²) in [5.41, 5.74) is -0.0880. The molecule has 3 heterocycles. The van der Waals surface area contributed by atoms with Crippen LogP contribution in [0.25, 0.3) is 0 Å². The number of carbonyl (C=O) groups is 1. The number of hydrogen-bond donors (Lipinski definition) is 1. The van der Waals surface area contributed by atoms with Crippen LogP contribution in [-0.2, 0) is 4.74 Å². The highest BCUT2D eigenvalue weighted by atomic mass is 16.5. The number of amides is 1. The van der Waals surface area contributed by atoms with E-state index in [9.17, 15) is 9.90 Å². The SMILES string of the molecule is CC[C@]1(O)CCC[C@H]2CN(C(=O)c3cnc(N4CCOCC4)nc3)C[C@H]21. The van der Waals surface area contributed by atoms with Crippen molar-refractivity contribution in [2.45, 2.75) is 38.2 Å². The van der Waals surface area contributed by atoms with E-state index in [1.807, 2.05) is 11.8 Å². The molecule has 7 nitrogen and oxygen atoms in total. The van der Waals surface area contributed by atoms with Gasteiger partial charge in [-0.1, -0.05) is 13.3 Å². The summed E-state index contributed by atoms with van der Waals surface area (Å²) in [7, 11) is 0. The van der Waals surface area contributed by atoms with E-state index in [-0.39, 0.29) is 11.8 Å². The molecule has 1 N–H and O–H groups in total. The van der Waals surface area contributed by atoms with E-state index >= 15 is 0 Å². The highest BCUT2D eigenvalue weighted by molar-refractivity contribution is 5.94. The molecule has 3 fully saturated rings. The van der Waals surface area contributed by atoms with Gasteiger partial charge in [0.2, 0.25) is 5.95 Å². The predicted octanol–water partition coefficient (Wildman–Crippen LogP) is 1.33. The van der Waals surface area contributed by atoms with Gasteiger partial charge >= 0.3 is 0 Å². The Bertz CT molecular complexity index is 647. The van der Waals surface area contributed by atoms with Gasteiger partial charge in [-0.05, 0) is 25.2 Å². The van der Waals surface area contributed by atoms with Gasteiger partial charge in [0, 0.05) is 44.5 Å². The van der Waals surface area contributed by atoms with E-state index in [0.717, 1.165) is 45.3 Å². The van der Waals surface area contributed by atoms with E-state index in [1.54, 1.807) is 12.4 Å². The van der Waals surface area contributed by atoms with Crippen LogP contribution in [0.2, 0.25) is 0 Å². The number of hydrogen-bond acceptors (Lipinski definition) is 6. The molecule has 1 aliphatic carbocycles. The lowest BCUT2D eigenvalue weighted by Crippen LogP contribution is -2.44. The number of rotatable bonds is 3. The van der Waals surface area contributed by atoms with Gasteiger partial charge in [-0.2, -0.15) is 0 Å². The lowest BCUT2D eigenvalue weighted by atomic mass is 9.69. The van der Waals surface area contributed by atoms with Gasteiger partial charge in [-0.15, -0.1) is 0 Å². The number of nitrogens with zero attached hydrogens (tertiary/aromatic N) is 4. The first-order chi connectivity index (χ1) is 12.6. The first-order valence-corrected chi connectivity index (χ1v) is 9.77. The first-order valence-electron chi connectivity index (χ1n) is 9.77. The highest BCUT2D eigenvalue weighted by Crippen LogP contribution is 2.44. The monoisotopic (exact) mass is 360 g/mol. The molecule has 4 rings (SSSR count). The Hall–Kier alpha value is -1.73. The fraction of sp³-hybridized carbons (Fsp3) is 0.737. The number of ether oxygens (including phenoxy) is 1. The molecule has 142 valence electrons. The Morgan fingerprint density at radius 2 is 2.04 bits per heavy atom. The third-order valence-corrected chi connectivity index (χ3v) is 6.39. The summed E-state index contributed by atoms with van der Waals surface area (Å²) in [4.78, 5) is 25.6. The van der Waals surface area contributed by atoms with Gasteiger partial charge in [0.1, 0.15) is 0 Å². The van der Waals surface area contributed by atoms with Crippen LogP contribution in [0.15, 0.2) is 12.4 Å². The van der Waals surface area contributed by atoms with Gasteiger partial charge in [0.05, 0.1) is 24.4 Å². The molecule has 1 amide bonds. The Morgan fingerprint density at radius 3 is 2.73 bits per heavy atom. The Balaban J connectivity index is 1.44. The maximum atomic E-state index is 12.9. The Morgan fingerprint density at radius 1 is 1.31 bits per heavy atom. The van der Waals surface area contributed by atoms with E-state index in [1.165, 1.54) is 0 Å². The number of aliphatic hydroxyl groups is 1. The molecule has 0 unspecified atom stereocenters. The van der Waals surface area contributed by atoms with Crippen LogP contribution in [-0.4, -0.2) is 70.9 Å². The van der Waals surface area contributed by atoms with Gasteiger partial charge in [0.25, 0.3) is 5.91 Å². The van der Waals surface area contributed by atoms with Crippen molar-refractivity contribution in [3.63, 3.8) is 0 Å². The fourth-order valence-corrected chi connectivity index (χ4v) is 4.77. The van der Waals surface area contributed by atoms with E-state index in [0.29, 0.717) is 37.2 Å². The quantitative estimate of drug-likeness (QED) is 0.876. The minimum absolute atomic E-state index is 0.0219. The summed E-state index contributed by atoms with van der Waals surface area (Å²) < 4.78 is 5.34. The largest absolute Gasteiger partial charge is 0.390 e. The van der Waals surface area contributed by atoms with Crippen molar-refractivity contribution in [2.24, 2.45) is 11.8 Å². The maximum Gasteiger partial charge on any atom is 0.257 e. The molecule has 0 bridgehead atoms. The molecule has 1 aromatic heterocycles. The second kappa shape index (κ2) is 7.12. The van der Waals surface area contributed by atoms with Gasteiger partial charge < -0.3 is 19.6 Å². The van der Waals surface area contributed by atoms with Crippen LogP contribution in [0.1, 0.15) is 43.0 Å². The van der Waals surface area contributed by atoms with Crippen molar-refractivity contribution in [1.82, 2.24) is 14.9 Å². The second-order valence-corrected chi connectivity index (χ2v) is 7.80. The minimum atomic E-state index is -0.616. The lowest BCUT2D eigenvalue weighted by Gasteiger charge is -2.40. The van der Waals surface area contributed by atoms with Crippen molar-refractivity contribution >= 4 is 11.9 Å². The number of carbonyl (C=O) groups excluding carboxylic acids is 1. The topological polar surface area (TPSA) is 78.8 Å². The van der Waals surface area contributed by atoms with E-state index < -0.39 is 5.60 Å². The Kier molecular flexibility index (Phi) is 4.84. The summed E-state index contributed by atoms with van der Waals surface area (Å²) in [6.07, 6.45) is 7.02. The summed E-state index contributed by atoms with van der Waals surface area (Å²) in [6.45, 7) is 6.33. The van der Waals surface area contributed by atoms with Gasteiger partial charge in [0.15, 0.2) is 0 Å². The van der Waals surface area contributed by atoms with Crippen LogP contribution in [0.5, 0.6) is 0 Å². The Labute approximate surface area is 154 Å². The third kappa shape index (κ3) is 3.18. The van der Waals surface area contributed by atoms with Gasteiger partial charge in [-0.25, -0.2) is 9.97 Å². The molecular weight excluding hydrogens is 332 g/mol. The molecule has 1 aromatic rings. The van der Waals surface area contributed by atoms with Crippen LogP contribution in [0, 0.1) is 11.8 Å². The second-order valence-electron chi connectivity index (χ2n) is 7.80. The zero-order valence-electron chi connectivity index (χ0n) is 15.4. The molecule has 2 saturated heterocycles. The van der Waals surface area contributed by atoms with Crippen LogP contribution in [0.3, 0.4) is 0 Å². The molecule has 0 aromatic carbocycles. The first kappa shape index (κ1) is 17.7. The summed E-state index contributed by atoms with van der Waals surface area (Å²) >= 11 is 0. The molecule has 3 aliphatic rings. The molecule has 1 saturated carbocycles. The van der Waals surface area contributed by atoms with Crippen molar-refractivity contribution < 1.29 is 14.6 Å². The zero-order chi connectivity index (χ0) is 18.1. The van der Waals surface area contributed by atoms with Crippen molar-refractivity contribution in [2.75, 3.05) is 44.3 Å². The van der Waals surface area contributed by atoms with Crippen LogP contribution >= 0.6 is 0 Å². The summed E-state index contributed by atoms with van der Waals surface area (Å²) in [5, 5.41) is 10.9. The van der Waals surface area contributed by atoms with Crippen molar-refractivity contribution in [1.29, 1.82) is 0 Å². The lowest BCUT2D eigenvalue weighted by molar-refractivity contribution is -0.0609. The van der Waals surface area contributed by atoms with Crippen molar-refractivity contribution in [3.05, 3.63) is 18.0 Å². The van der Waals surface area contributed by atoms with E-state index in [2.05, 4.69) is 14.9 Å². The summed E-state index contributed by atoms with van der Waals surface area (Å²) in [6, 6.07) is 0. The molecule has 0 spiro atoms.